The van der Waals surface area contributed by atoms with Crippen LogP contribution in [0.2, 0.25) is 0 Å². The van der Waals surface area contributed by atoms with E-state index in [0.29, 0.717) is 0 Å². The normalized spacial score (nSPS) is 31.2. The number of aliphatic hydroxyl groups excluding tert-OH is 6. The maximum Gasteiger partial charge on any atom is 0.229 e. The van der Waals surface area contributed by atoms with Crippen molar-refractivity contribution in [3.05, 3.63) is 28.4 Å². The minimum atomic E-state index is -1.84. The summed E-state index contributed by atoms with van der Waals surface area (Å²) in [6, 6.07) is 3.90. The van der Waals surface area contributed by atoms with Gasteiger partial charge < -0.3 is 73.3 Å². The van der Waals surface area contributed by atoms with E-state index in [1.165, 1.54) is 39.5 Å². The van der Waals surface area contributed by atoms with Gasteiger partial charge in [-0.2, -0.15) is 0 Å². The van der Waals surface area contributed by atoms with Crippen molar-refractivity contribution >= 4 is 21.9 Å². The molecule has 2 fully saturated rings. The maximum absolute atomic E-state index is 13.9. The third-order valence-corrected chi connectivity index (χ3v) is 7.35. The summed E-state index contributed by atoms with van der Waals surface area (Å²) < 4.78 is 44.2. The molecule has 0 bridgehead atoms. The highest BCUT2D eigenvalue weighted by molar-refractivity contribution is 6.00. The van der Waals surface area contributed by atoms with Crippen molar-refractivity contribution in [3.8, 4) is 28.7 Å². The van der Waals surface area contributed by atoms with Gasteiger partial charge in [0.1, 0.15) is 64.8 Å². The molecule has 9 atom stereocenters. The molecule has 0 unspecified atom stereocenters. The van der Waals surface area contributed by atoms with Crippen LogP contribution in [-0.2, 0) is 14.2 Å². The first-order valence-electron chi connectivity index (χ1n) is 13.1. The van der Waals surface area contributed by atoms with Crippen LogP contribution in [0, 0.1) is 0 Å². The third kappa shape index (κ3) is 5.41. The minimum absolute atomic E-state index is 0.0288. The first-order valence-corrected chi connectivity index (χ1v) is 13.1. The van der Waals surface area contributed by atoms with Gasteiger partial charge in [-0.1, -0.05) is 0 Å². The molecule has 2 aromatic carbocycles. The summed E-state index contributed by atoms with van der Waals surface area (Å²) in [7, 11) is 3.90. The number of phenolic OH excluding ortho intramolecular Hbond substituents is 1. The number of fused-ring (bicyclic) bond motifs is 2. The van der Waals surface area contributed by atoms with Gasteiger partial charge in [-0.3, -0.25) is 4.79 Å². The Labute approximate surface area is 242 Å². The maximum atomic E-state index is 13.9. The van der Waals surface area contributed by atoms with Crippen molar-refractivity contribution in [1.82, 2.24) is 0 Å². The molecule has 0 saturated carbocycles. The molecule has 2 aliphatic heterocycles. The van der Waals surface area contributed by atoms with Gasteiger partial charge in [0, 0.05) is 6.07 Å². The Kier molecular flexibility index (Phi) is 8.85. The summed E-state index contributed by atoms with van der Waals surface area (Å²) in [6.07, 6.45) is -14.4. The van der Waals surface area contributed by atoms with E-state index in [0.717, 1.165) is 0 Å². The number of ether oxygens (including phenoxy) is 7. The molecule has 5 rings (SSSR count). The van der Waals surface area contributed by atoms with Crippen molar-refractivity contribution in [2.24, 2.45) is 0 Å². The fraction of sp³-hybridized carbons (Fsp3) is 0.519. The SMILES string of the molecule is COc1cc(O[C@@H]2O[C@H](CO[C@@H]3OC[C@@H](O)[C@H](O)[C@H]3O)[C@@H](O)[C@H](O)[C@H]2O)c2c(=O)c3c(OC)c(O)ccc3oc2c1OC. The summed E-state index contributed by atoms with van der Waals surface area (Å²) in [5.74, 6) is -0.647. The second kappa shape index (κ2) is 12.3. The van der Waals surface area contributed by atoms with Gasteiger partial charge in [-0.05, 0) is 12.1 Å². The van der Waals surface area contributed by atoms with E-state index >= 15 is 0 Å². The molecule has 1 aromatic heterocycles. The van der Waals surface area contributed by atoms with Gasteiger partial charge >= 0.3 is 0 Å². The number of hydrogen-bond acceptors (Lipinski definition) is 16. The molecule has 43 heavy (non-hydrogen) atoms. The number of aromatic hydroxyl groups is 1. The van der Waals surface area contributed by atoms with Gasteiger partial charge in [0.15, 0.2) is 29.1 Å². The molecule has 2 aliphatic rings. The topological polar surface area (TPSA) is 236 Å². The Morgan fingerprint density at radius 1 is 0.814 bits per heavy atom. The summed E-state index contributed by atoms with van der Waals surface area (Å²) in [5.41, 5.74) is -0.786. The van der Waals surface area contributed by atoms with Gasteiger partial charge in [0.2, 0.25) is 17.5 Å². The molecule has 3 heterocycles. The lowest BCUT2D eigenvalue weighted by atomic mass is 9.99. The van der Waals surface area contributed by atoms with Crippen molar-refractivity contribution in [3.63, 3.8) is 0 Å². The molecule has 0 aliphatic carbocycles. The van der Waals surface area contributed by atoms with E-state index in [9.17, 15) is 40.5 Å². The van der Waals surface area contributed by atoms with E-state index in [2.05, 4.69) is 0 Å². The number of rotatable bonds is 8. The highest BCUT2D eigenvalue weighted by Crippen LogP contribution is 2.44. The number of methoxy groups -OCH3 is 3. The van der Waals surface area contributed by atoms with Gasteiger partial charge in [-0.25, -0.2) is 0 Å². The fourth-order valence-electron chi connectivity index (χ4n) is 5.03. The van der Waals surface area contributed by atoms with E-state index in [-0.39, 0.29) is 57.3 Å². The second-order valence-electron chi connectivity index (χ2n) is 9.95. The molecular weight excluding hydrogens is 580 g/mol. The van der Waals surface area contributed by atoms with E-state index < -0.39 is 67.3 Å². The number of hydrogen-bond donors (Lipinski definition) is 7. The van der Waals surface area contributed by atoms with Crippen molar-refractivity contribution < 1.29 is 73.3 Å². The molecule has 16 heteroatoms. The Balaban J connectivity index is 1.52. The van der Waals surface area contributed by atoms with Crippen LogP contribution < -0.4 is 24.4 Å². The molecular formula is C27H32O16. The van der Waals surface area contributed by atoms with Crippen LogP contribution in [0.3, 0.4) is 0 Å². The lowest BCUT2D eigenvalue weighted by molar-refractivity contribution is -0.307. The number of phenols is 1. The van der Waals surface area contributed by atoms with Crippen LogP contribution in [-0.4, -0.2) is 126 Å². The summed E-state index contributed by atoms with van der Waals surface area (Å²) in [5, 5.41) is 71.4. The molecule has 3 aromatic rings. The van der Waals surface area contributed by atoms with Gasteiger partial charge in [0.05, 0.1) is 34.5 Å². The predicted molar refractivity (Wildman–Crippen MR) is 142 cm³/mol. The molecule has 7 N–H and O–H groups in total. The summed E-state index contributed by atoms with van der Waals surface area (Å²) in [6.45, 7) is -0.860. The van der Waals surface area contributed by atoms with Crippen molar-refractivity contribution in [2.45, 2.75) is 55.3 Å². The largest absolute Gasteiger partial charge is 0.504 e. The van der Waals surface area contributed by atoms with Crippen LogP contribution in [0.15, 0.2) is 27.4 Å². The Morgan fingerprint density at radius 2 is 1.51 bits per heavy atom. The molecule has 236 valence electrons. The highest BCUT2D eigenvalue weighted by atomic mass is 16.7. The first-order chi connectivity index (χ1) is 20.5. The highest BCUT2D eigenvalue weighted by Gasteiger charge is 2.47. The van der Waals surface area contributed by atoms with E-state index in [4.69, 9.17) is 37.6 Å². The minimum Gasteiger partial charge on any atom is -0.504 e. The van der Waals surface area contributed by atoms with Crippen LogP contribution in [0.25, 0.3) is 21.9 Å². The average molecular weight is 613 g/mol. The number of aliphatic hydroxyl groups is 6. The molecule has 0 spiro atoms. The van der Waals surface area contributed by atoms with Crippen molar-refractivity contribution in [1.29, 1.82) is 0 Å². The average Bonchev–Trinajstić information content (AvgIpc) is 3.00. The number of benzene rings is 2. The second-order valence-corrected chi connectivity index (χ2v) is 9.95. The standard InChI is InChI=1S/C27H32O16/c1-36-13-6-12(16-19(32)15-11(41-25(16)24(13)38-3)5-4-9(28)23(15)37-2)42-27-22(35)20(33)18(31)14(43-27)8-40-26-21(34)17(30)10(29)7-39-26/h4-6,10,14,17-18,20-22,26-31,33-35H,7-8H2,1-3H3/t10-,14-,17+,18-,20+,21-,22-,26+,27-/m1/s1. The molecule has 0 radical (unpaired) electrons. The Morgan fingerprint density at radius 3 is 2.19 bits per heavy atom. The van der Waals surface area contributed by atoms with Crippen LogP contribution in [0.1, 0.15) is 0 Å². The molecule has 0 amide bonds. The lowest BCUT2D eigenvalue weighted by Gasteiger charge is -2.41. The summed E-state index contributed by atoms with van der Waals surface area (Å²) in [4.78, 5) is 13.9. The zero-order chi connectivity index (χ0) is 31.2. The molecule has 16 nitrogen and oxygen atoms in total. The van der Waals surface area contributed by atoms with Gasteiger partial charge in [0.25, 0.3) is 0 Å². The van der Waals surface area contributed by atoms with Crippen LogP contribution in [0.4, 0.5) is 0 Å². The van der Waals surface area contributed by atoms with Crippen molar-refractivity contribution in [2.75, 3.05) is 34.5 Å². The van der Waals surface area contributed by atoms with Crippen LogP contribution in [0.5, 0.6) is 28.7 Å². The van der Waals surface area contributed by atoms with Gasteiger partial charge in [-0.15, -0.1) is 0 Å². The summed E-state index contributed by atoms with van der Waals surface area (Å²) >= 11 is 0. The van der Waals surface area contributed by atoms with E-state index in [1.54, 1.807) is 0 Å². The Bertz CT molecular complexity index is 1520. The zero-order valence-corrected chi connectivity index (χ0v) is 23.1. The smallest absolute Gasteiger partial charge is 0.229 e. The predicted octanol–water partition coefficient (Wildman–Crippen LogP) is -1.68. The third-order valence-electron chi connectivity index (χ3n) is 7.35. The lowest BCUT2D eigenvalue weighted by Crippen LogP contribution is -2.61. The molecule has 2 saturated heterocycles. The zero-order valence-electron chi connectivity index (χ0n) is 23.1. The quantitative estimate of drug-likeness (QED) is 0.141. The first kappa shape index (κ1) is 31.0. The monoisotopic (exact) mass is 612 g/mol. The van der Waals surface area contributed by atoms with E-state index in [1.807, 2.05) is 0 Å². The van der Waals surface area contributed by atoms with Crippen LogP contribution >= 0.6 is 0 Å². The Hall–Kier alpha value is -3.45. The fourth-order valence-corrected chi connectivity index (χ4v) is 5.03.